The number of aromatic nitrogens is 2. The third kappa shape index (κ3) is 4.38. The van der Waals surface area contributed by atoms with E-state index in [4.69, 9.17) is 10.5 Å². The molecular formula is C16H23N3O. The van der Waals surface area contributed by atoms with Crippen LogP contribution in [0, 0.1) is 0 Å². The van der Waals surface area contributed by atoms with Crippen LogP contribution >= 0.6 is 0 Å². The minimum Gasteiger partial charge on any atom is -0.489 e. The second-order valence-corrected chi connectivity index (χ2v) is 5.15. The van der Waals surface area contributed by atoms with Crippen LogP contribution in [0.3, 0.4) is 0 Å². The van der Waals surface area contributed by atoms with Crippen LogP contribution in [-0.4, -0.2) is 15.8 Å². The van der Waals surface area contributed by atoms with Gasteiger partial charge >= 0.3 is 0 Å². The van der Waals surface area contributed by atoms with Crippen LogP contribution in [0.1, 0.15) is 31.4 Å². The van der Waals surface area contributed by atoms with E-state index in [2.05, 4.69) is 24.2 Å². The summed E-state index contributed by atoms with van der Waals surface area (Å²) in [5, 5.41) is 4.23. The number of hydrogen-bond acceptors (Lipinski definition) is 3. The second kappa shape index (κ2) is 7.10. The van der Waals surface area contributed by atoms with E-state index >= 15 is 0 Å². The number of hydrogen-bond donors (Lipinski definition) is 1. The number of nitrogens with zero attached hydrogens (tertiary/aromatic N) is 2. The van der Waals surface area contributed by atoms with E-state index in [0.717, 1.165) is 30.7 Å². The van der Waals surface area contributed by atoms with Gasteiger partial charge in [-0.3, -0.25) is 4.68 Å². The summed E-state index contributed by atoms with van der Waals surface area (Å²) in [5.41, 5.74) is 8.15. The highest BCUT2D eigenvalue weighted by Crippen LogP contribution is 2.15. The number of aryl methyl sites for hydroxylation is 2. The Labute approximate surface area is 120 Å². The summed E-state index contributed by atoms with van der Waals surface area (Å²) in [6, 6.07) is 8.49. The topological polar surface area (TPSA) is 53.1 Å². The van der Waals surface area contributed by atoms with E-state index in [1.54, 1.807) is 0 Å². The monoisotopic (exact) mass is 273 g/mol. The predicted octanol–water partition coefficient (Wildman–Crippen LogP) is 2.76. The van der Waals surface area contributed by atoms with E-state index in [0.29, 0.717) is 6.61 Å². The average Bonchev–Trinajstić information content (AvgIpc) is 2.92. The summed E-state index contributed by atoms with van der Waals surface area (Å²) < 4.78 is 7.65. The van der Waals surface area contributed by atoms with Crippen molar-refractivity contribution in [2.24, 2.45) is 5.73 Å². The van der Waals surface area contributed by atoms with E-state index in [-0.39, 0.29) is 6.04 Å². The lowest BCUT2D eigenvalue weighted by molar-refractivity contribution is 0.306. The molecule has 2 rings (SSSR count). The first kappa shape index (κ1) is 14.6. The first-order chi connectivity index (χ1) is 9.67. The number of nitrogens with two attached hydrogens (primary N) is 1. The normalized spacial score (nSPS) is 12.3. The van der Waals surface area contributed by atoms with Crippen molar-refractivity contribution in [2.75, 3.05) is 0 Å². The summed E-state index contributed by atoms with van der Waals surface area (Å²) in [6.07, 6.45) is 5.88. The van der Waals surface area contributed by atoms with Crippen LogP contribution in [0.4, 0.5) is 0 Å². The van der Waals surface area contributed by atoms with Crippen molar-refractivity contribution in [2.45, 2.75) is 45.9 Å². The van der Waals surface area contributed by atoms with Gasteiger partial charge in [0.2, 0.25) is 0 Å². The smallest absolute Gasteiger partial charge is 0.119 e. The molecule has 2 aromatic rings. The fourth-order valence-corrected chi connectivity index (χ4v) is 1.97. The van der Waals surface area contributed by atoms with Gasteiger partial charge in [0.1, 0.15) is 12.4 Å². The minimum absolute atomic E-state index is 0.251. The number of benzene rings is 1. The largest absolute Gasteiger partial charge is 0.489 e. The third-order valence-corrected chi connectivity index (χ3v) is 3.23. The highest BCUT2D eigenvalue weighted by Gasteiger charge is 2.01. The van der Waals surface area contributed by atoms with Gasteiger partial charge in [0, 0.05) is 24.3 Å². The van der Waals surface area contributed by atoms with Crippen molar-refractivity contribution < 1.29 is 4.74 Å². The third-order valence-electron chi connectivity index (χ3n) is 3.23. The molecular weight excluding hydrogens is 250 g/mol. The summed E-state index contributed by atoms with van der Waals surface area (Å²) in [7, 11) is 0. The zero-order chi connectivity index (χ0) is 14.4. The fraction of sp³-hybridized carbons (Fsp3) is 0.438. The van der Waals surface area contributed by atoms with Crippen LogP contribution in [0.2, 0.25) is 0 Å². The molecule has 0 fully saturated rings. The molecule has 0 aliphatic carbocycles. The quantitative estimate of drug-likeness (QED) is 0.844. The van der Waals surface area contributed by atoms with Crippen molar-refractivity contribution in [3.8, 4) is 5.75 Å². The first-order valence-electron chi connectivity index (χ1n) is 7.16. The molecule has 108 valence electrons. The molecule has 0 aliphatic rings. The summed E-state index contributed by atoms with van der Waals surface area (Å²) in [6.45, 7) is 5.54. The highest BCUT2D eigenvalue weighted by molar-refractivity contribution is 5.27. The Morgan fingerprint density at radius 2 is 2.00 bits per heavy atom. The van der Waals surface area contributed by atoms with Gasteiger partial charge < -0.3 is 10.5 Å². The molecule has 0 amide bonds. The summed E-state index contributed by atoms with van der Waals surface area (Å²) in [4.78, 5) is 0. The van der Waals surface area contributed by atoms with Gasteiger partial charge in [0.05, 0.1) is 6.20 Å². The van der Waals surface area contributed by atoms with Crippen molar-refractivity contribution in [1.82, 2.24) is 9.78 Å². The molecule has 2 N–H and O–H groups in total. The predicted molar refractivity (Wildman–Crippen MR) is 80.6 cm³/mol. The Bertz CT molecular complexity index is 517. The SMILES string of the molecule is CCn1cc(COc2ccc(CCC(C)N)cc2)cn1. The van der Waals surface area contributed by atoms with Crippen molar-refractivity contribution >= 4 is 0 Å². The lowest BCUT2D eigenvalue weighted by Gasteiger charge is -2.07. The standard InChI is InChI=1S/C16H23N3O/c1-3-19-11-15(10-18-19)12-20-16-8-6-14(7-9-16)5-4-13(2)17/h6-11,13H,3-5,12,17H2,1-2H3. The molecule has 0 aliphatic heterocycles. The molecule has 0 bridgehead atoms. The van der Waals surface area contributed by atoms with Crippen LogP contribution in [-0.2, 0) is 19.6 Å². The molecule has 4 nitrogen and oxygen atoms in total. The maximum absolute atomic E-state index is 5.76. The molecule has 1 unspecified atom stereocenters. The van der Waals surface area contributed by atoms with E-state index in [1.165, 1.54) is 5.56 Å². The van der Waals surface area contributed by atoms with Crippen LogP contribution in [0.15, 0.2) is 36.7 Å². The molecule has 1 atom stereocenters. The molecule has 0 radical (unpaired) electrons. The Morgan fingerprint density at radius 3 is 2.60 bits per heavy atom. The van der Waals surface area contributed by atoms with Gasteiger partial charge in [-0.1, -0.05) is 12.1 Å². The van der Waals surface area contributed by atoms with E-state index in [1.807, 2.05) is 36.1 Å². The molecule has 0 saturated carbocycles. The zero-order valence-electron chi connectivity index (χ0n) is 12.2. The Hall–Kier alpha value is -1.81. The fourth-order valence-electron chi connectivity index (χ4n) is 1.97. The maximum atomic E-state index is 5.76. The molecule has 0 saturated heterocycles. The van der Waals surface area contributed by atoms with Crippen molar-refractivity contribution in [1.29, 1.82) is 0 Å². The van der Waals surface area contributed by atoms with Crippen molar-refractivity contribution in [3.05, 3.63) is 47.8 Å². The molecule has 1 aromatic heterocycles. The maximum Gasteiger partial charge on any atom is 0.119 e. The van der Waals surface area contributed by atoms with E-state index in [9.17, 15) is 0 Å². The Kier molecular flexibility index (Phi) is 5.18. The van der Waals surface area contributed by atoms with Crippen LogP contribution < -0.4 is 10.5 Å². The Morgan fingerprint density at radius 1 is 1.25 bits per heavy atom. The highest BCUT2D eigenvalue weighted by atomic mass is 16.5. The minimum atomic E-state index is 0.251. The van der Waals surface area contributed by atoms with Crippen molar-refractivity contribution in [3.63, 3.8) is 0 Å². The second-order valence-electron chi connectivity index (χ2n) is 5.15. The molecule has 1 aromatic carbocycles. The molecule has 0 spiro atoms. The summed E-state index contributed by atoms with van der Waals surface area (Å²) in [5.74, 6) is 0.888. The zero-order valence-corrected chi connectivity index (χ0v) is 12.2. The van der Waals surface area contributed by atoms with Gasteiger partial charge in [0.25, 0.3) is 0 Å². The van der Waals surface area contributed by atoms with Gasteiger partial charge in [-0.2, -0.15) is 5.10 Å². The van der Waals surface area contributed by atoms with Gasteiger partial charge in [-0.05, 0) is 44.4 Å². The Balaban J connectivity index is 1.84. The van der Waals surface area contributed by atoms with Gasteiger partial charge in [-0.25, -0.2) is 0 Å². The molecule has 20 heavy (non-hydrogen) atoms. The lowest BCUT2D eigenvalue weighted by atomic mass is 10.1. The summed E-state index contributed by atoms with van der Waals surface area (Å²) >= 11 is 0. The average molecular weight is 273 g/mol. The number of rotatable bonds is 7. The van der Waals surface area contributed by atoms with Crippen LogP contribution in [0.25, 0.3) is 0 Å². The first-order valence-corrected chi connectivity index (χ1v) is 7.16. The lowest BCUT2D eigenvalue weighted by Crippen LogP contribution is -2.15. The van der Waals surface area contributed by atoms with Gasteiger partial charge in [-0.15, -0.1) is 0 Å². The van der Waals surface area contributed by atoms with Crippen LogP contribution in [0.5, 0.6) is 5.75 Å². The van der Waals surface area contributed by atoms with Gasteiger partial charge in [0.15, 0.2) is 0 Å². The van der Waals surface area contributed by atoms with E-state index < -0.39 is 0 Å². The number of ether oxygens (including phenoxy) is 1. The molecule has 4 heteroatoms. The molecule has 1 heterocycles.